The quantitative estimate of drug-likeness (QED) is 0.863. The van der Waals surface area contributed by atoms with Crippen molar-refractivity contribution in [2.24, 2.45) is 0 Å². The van der Waals surface area contributed by atoms with E-state index in [9.17, 15) is 4.79 Å². The first-order valence-corrected chi connectivity index (χ1v) is 5.35. The molecule has 0 aliphatic rings. The van der Waals surface area contributed by atoms with E-state index in [1.165, 1.54) is 18.2 Å². The molecule has 2 aromatic rings. The standard InChI is InChI=1S/C13H14N2O2/c1-8-4-9(2)12(10(3)5-8)15-13(16)11-6-17-7-14-11/h4-7H,1-3H3,(H,15,16). The minimum Gasteiger partial charge on any atom is -0.451 e. The monoisotopic (exact) mass is 230 g/mol. The molecule has 0 saturated heterocycles. The average Bonchev–Trinajstić information content (AvgIpc) is 2.76. The Hall–Kier alpha value is -2.10. The van der Waals surface area contributed by atoms with Crippen LogP contribution in [0.4, 0.5) is 5.69 Å². The van der Waals surface area contributed by atoms with E-state index >= 15 is 0 Å². The third-order valence-corrected chi connectivity index (χ3v) is 2.58. The van der Waals surface area contributed by atoms with E-state index in [1.54, 1.807) is 0 Å². The van der Waals surface area contributed by atoms with Crippen LogP contribution in [0.2, 0.25) is 0 Å². The van der Waals surface area contributed by atoms with Crippen LogP contribution in [-0.2, 0) is 0 Å². The minimum absolute atomic E-state index is 0.256. The Balaban J connectivity index is 2.28. The van der Waals surface area contributed by atoms with Crippen LogP contribution in [0.25, 0.3) is 0 Å². The number of hydrogen-bond donors (Lipinski definition) is 1. The summed E-state index contributed by atoms with van der Waals surface area (Å²) in [7, 11) is 0. The van der Waals surface area contributed by atoms with Crippen molar-refractivity contribution in [1.29, 1.82) is 0 Å². The number of amides is 1. The second-order valence-electron chi connectivity index (χ2n) is 4.10. The van der Waals surface area contributed by atoms with Crippen molar-refractivity contribution in [3.05, 3.63) is 47.2 Å². The number of oxazole rings is 1. The van der Waals surface area contributed by atoms with Gasteiger partial charge in [0, 0.05) is 5.69 Å². The molecule has 4 heteroatoms. The van der Waals surface area contributed by atoms with Gasteiger partial charge in [-0.3, -0.25) is 4.79 Å². The average molecular weight is 230 g/mol. The summed E-state index contributed by atoms with van der Waals surface area (Å²) in [6, 6.07) is 4.07. The van der Waals surface area contributed by atoms with Crippen molar-refractivity contribution in [3.8, 4) is 0 Å². The molecule has 0 spiro atoms. The van der Waals surface area contributed by atoms with Crippen molar-refractivity contribution in [2.75, 3.05) is 5.32 Å². The van der Waals surface area contributed by atoms with Gasteiger partial charge in [-0.05, 0) is 31.9 Å². The molecule has 1 aromatic carbocycles. The van der Waals surface area contributed by atoms with Gasteiger partial charge in [-0.25, -0.2) is 4.98 Å². The molecule has 0 saturated carbocycles. The summed E-state index contributed by atoms with van der Waals surface area (Å²) in [5.41, 5.74) is 4.38. The number of aromatic nitrogens is 1. The number of benzene rings is 1. The predicted octanol–water partition coefficient (Wildman–Crippen LogP) is 2.85. The molecule has 1 aromatic heterocycles. The van der Waals surface area contributed by atoms with E-state index in [1.807, 2.05) is 32.9 Å². The summed E-state index contributed by atoms with van der Waals surface area (Å²) in [6.45, 7) is 5.97. The van der Waals surface area contributed by atoms with Crippen LogP contribution in [-0.4, -0.2) is 10.9 Å². The summed E-state index contributed by atoms with van der Waals surface area (Å²) in [5.74, 6) is -0.256. The molecular formula is C13H14N2O2. The number of nitrogens with zero attached hydrogens (tertiary/aromatic N) is 1. The second-order valence-corrected chi connectivity index (χ2v) is 4.10. The van der Waals surface area contributed by atoms with Crippen molar-refractivity contribution in [1.82, 2.24) is 4.98 Å². The fourth-order valence-electron chi connectivity index (χ4n) is 1.88. The van der Waals surface area contributed by atoms with Gasteiger partial charge in [0.2, 0.25) is 0 Å². The smallest absolute Gasteiger partial charge is 0.277 e. The van der Waals surface area contributed by atoms with Crippen LogP contribution in [0, 0.1) is 20.8 Å². The first kappa shape index (κ1) is 11.4. The zero-order valence-corrected chi connectivity index (χ0v) is 10.1. The molecule has 2 rings (SSSR count). The van der Waals surface area contributed by atoms with Gasteiger partial charge in [0.1, 0.15) is 6.26 Å². The third-order valence-electron chi connectivity index (χ3n) is 2.58. The molecule has 88 valence electrons. The first-order valence-electron chi connectivity index (χ1n) is 5.35. The molecule has 1 amide bonds. The van der Waals surface area contributed by atoms with Gasteiger partial charge in [0.15, 0.2) is 12.1 Å². The highest BCUT2D eigenvalue weighted by molar-refractivity contribution is 6.03. The van der Waals surface area contributed by atoms with Crippen LogP contribution in [0.1, 0.15) is 27.2 Å². The zero-order valence-electron chi connectivity index (χ0n) is 10.1. The van der Waals surface area contributed by atoms with Crippen LogP contribution in [0.3, 0.4) is 0 Å². The summed E-state index contributed by atoms with van der Waals surface area (Å²) in [4.78, 5) is 15.6. The van der Waals surface area contributed by atoms with E-state index in [4.69, 9.17) is 4.42 Å². The highest BCUT2D eigenvalue weighted by Crippen LogP contribution is 2.22. The lowest BCUT2D eigenvalue weighted by atomic mass is 10.1. The first-order chi connectivity index (χ1) is 8.08. The Bertz CT molecular complexity index is 522. The molecule has 17 heavy (non-hydrogen) atoms. The molecular weight excluding hydrogens is 216 g/mol. The maximum atomic E-state index is 11.8. The number of aryl methyl sites for hydroxylation is 3. The van der Waals surface area contributed by atoms with Crippen LogP contribution in [0.5, 0.6) is 0 Å². The largest absolute Gasteiger partial charge is 0.451 e. The molecule has 0 unspecified atom stereocenters. The van der Waals surface area contributed by atoms with Crippen LogP contribution in [0.15, 0.2) is 29.2 Å². The Kier molecular flexibility index (Phi) is 2.95. The molecule has 0 fully saturated rings. The van der Waals surface area contributed by atoms with Gasteiger partial charge < -0.3 is 9.73 Å². The van der Waals surface area contributed by atoms with Crippen LogP contribution < -0.4 is 5.32 Å². The molecule has 0 aliphatic heterocycles. The van der Waals surface area contributed by atoms with Gasteiger partial charge in [-0.15, -0.1) is 0 Å². The van der Waals surface area contributed by atoms with Gasteiger partial charge in [0.25, 0.3) is 5.91 Å². The number of carbonyl (C=O) groups is 1. The van der Waals surface area contributed by atoms with Crippen LogP contribution >= 0.6 is 0 Å². The van der Waals surface area contributed by atoms with E-state index < -0.39 is 0 Å². The third kappa shape index (κ3) is 2.36. The lowest BCUT2D eigenvalue weighted by Crippen LogP contribution is -2.14. The Morgan fingerprint density at radius 1 is 1.24 bits per heavy atom. The summed E-state index contributed by atoms with van der Waals surface area (Å²) in [5, 5.41) is 2.85. The molecule has 0 radical (unpaired) electrons. The molecule has 1 heterocycles. The van der Waals surface area contributed by atoms with Crippen molar-refractivity contribution < 1.29 is 9.21 Å². The van der Waals surface area contributed by atoms with E-state index in [0.717, 1.165) is 16.8 Å². The summed E-state index contributed by atoms with van der Waals surface area (Å²) in [6.07, 6.45) is 2.57. The van der Waals surface area contributed by atoms with Crippen molar-refractivity contribution in [3.63, 3.8) is 0 Å². The van der Waals surface area contributed by atoms with Gasteiger partial charge in [-0.2, -0.15) is 0 Å². The number of nitrogens with one attached hydrogen (secondary N) is 1. The Morgan fingerprint density at radius 3 is 2.41 bits per heavy atom. The van der Waals surface area contributed by atoms with E-state index in [-0.39, 0.29) is 11.6 Å². The van der Waals surface area contributed by atoms with Gasteiger partial charge >= 0.3 is 0 Å². The Labute approximate surface area is 99.7 Å². The maximum Gasteiger partial charge on any atom is 0.277 e. The fraction of sp³-hybridized carbons (Fsp3) is 0.231. The zero-order chi connectivity index (χ0) is 12.4. The lowest BCUT2D eigenvalue weighted by Gasteiger charge is -2.11. The summed E-state index contributed by atoms with van der Waals surface area (Å²) < 4.78 is 4.78. The normalized spacial score (nSPS) is 10.3. The Morgan fingerprint density at radius 2 is 1.88 bits per heavy atom. The van der Waals surface area contributed by atoms with Crippen molar-refractivity contribution in [2.45, 2.75) is 20.8 Å². The van der Waals surface area contributed by atoms with E-state index in [2.05, 4.69) is 10.3 Å². The molecule has 0 aliphatic carbocycles. The highest BCUT2D eigenvalue weighted by Gasteiger charge is 2.12. The molecule has 4 nitrogen and oxygen atoms in total. The molecule has 0 atom stereocenters. The van der Waals surface area contributed by atoms with Gasteiger partial charge in [0.05, 0.1) is 0 Å². The second kappa shape index (κ2) is 4.41. The SMILES string of the molecule is Cc1cc(C)c(NC(=O)c2cocn2)c(C)c1. The fourth-order valence-corrected chi connectivity index (χ4v) is 1.88. The maximum absolute atomic E-state index is 11.8. The molecule has 0 bridgehead atoms. The number of carbonyl (C=O) groups excluding carboxylic acids is 1. The predicted molar refractivity (Wildman–Crippen MR) is 65.1 cm³/mol. The van der Waals surface area contributed by atoms with Gasteiger partial charge in [-0.1, -0.05) is 17.7 Å². The van der Waals surface area contributed by atoms with Crippen molar-refractivity contribution >= 4 is 11.6 Å². The minimum atomic E-state index is -0.256. The number of hydrogen-bond acceptors (Lipinski definition) is 3. The highest BCUT2D eigenvalue weighted by atomic mass is 16.3. The summed E-state index contributed by atoms with van der Waals surface area (Å²) >= 11 is 0. The molecule has 1 N–H and O–H groups in total. The van der Waals surface area contributed by atoms with E-state index in [0.29, 0.717) is 0 Å². The number of rotatable bonds is 2. The lowest BCUT2D eigenvalue weighted by molar-refractivity contribution is 0.102. The topological polar surface area (TPSA) is 55.1 Å². The number of anilines is 1.